The highest BCUT2D eigenvalue weighted by Gasteiger charge is 2.29. The number of amides is 1. The molecule has 1 aliphatic heterocycles. The monoisotopic (exact) mass is 455 g/mol. The SMILES string of the molecule is COCc1nc(OC)c2c(C)c(C(=O)N3CCC(Oc4c(C)cccc4C)CC3)sc2n1. The number of carbonyl (C=O) groups excluding carboxylic acids is 1. The zero-order chi connectivity index (χ0) is 22.8. The van der Waals surface area contributed by atoms with E-state index >= 15 is 0 Å². The van der Waals surface area contributed by atoms with E-state index in [1.165, 1.54) is 11.3 Å². The van der Waals surface area contributed by atoms with Gasteiger partial charge in [-0.3, -0.25) is 4.79 Å². The van der Waals surface area contributed by atoms with Gasteiger partial charge in [-0.25, -0.2) is 4.98 Å². The quantitative estimate of drug-likeness (QED) is 0.547. The smallest absolute Gasteiger partial charge is 0.264 e. The van der Waals surface area contributed by atoms with Gasteiger partial charge in [0.05, 0.1) is 17.4 Å². The van der Waals surface area contributed by atoms with Gasteiger partial charge in [0.15, 0.2) is 5.82 Å². The molecule has 0 atom stereocenters. The Morgan fingerprint density at radius 1 is 1.12 bits per heavy atom. The van der Waals surface area contributed by atoms with E-state index in [0.717, 1.165) is 45.5 Å². The van der Waals surface area contributed by atoms with Crippen molar-refractivity contribution in [2.24, 2.45) is 0 Å². The van der Waals surface area contributed by atoms with Crippen molar-refractivity contribution in [2.75, 3.05) is 27.3 Å². The van der Waals surface area contributed by atoms with Crippen LogP contribution < -0.4 is 9.47 Å². The van der Waals surface area contributed by atoms with Crippen LogP contribution in [0.25, 0.3) is 10.2 Å². The number of para-hydroxylation sites is 1. The minimum absolute atomic E-state index is 0.0337. The molecule has 1 aromatic carbocycles. The van der Waals surface area contributed by atoms with Gasteiger partial charge in [0, 0.05) is 33.0 Å². The number of carbonyl (C=O) groups is 1. The highest BCUT2D eigenvalue weighted by molar-refractivity contribution is 7.20. The van der Waals surface area contributed by atoms with Gasteiger partial charge in [0.2, 0.25) is 5.88 Å². The van der Waals surface area contributed by atoms with Crippen LogP contribution in [0.15, 0.2) is 18.2 Å². The van der Waals surface area contributed by atoms with Crippen LogP contribution in [0.1, 0.15) is 45.0 Å². The fraction of sp³-hybridized carbons (Fsp3) is 0.458. The van der Waals surface area contributed by atoms with Crippen LogP contribution in [-0.4, -0.2) is 54.2 Å². The van der Waals surface area contributed by atoms with Gasteiger partial charge in [-0.1, -0.05) is 18.2 Å². The van der Waals surface area contributed by atoms with Gasteiger partial charge in [-0.05, 0) is 37.5 Å². The number of ether oxygens (including phenoxy) is 3. The van der Waals surface area contributed by atoms with Gasteiger partial charge in [-0.2, -0.15) is 4.98 Å². The van der Waals surface area contributed by atoms with E-state index in [9.17, 15) is 4.79 Å². The summed E-state index contributed by atoms with van der Waals surface area (Å²) >= 11 is 1.39. The largest absolute Gasteiger partial charge is 0.490 e. The molecule has 1 amide bonds. The Kier molecular flexibility index (Phi) is 6.62. The summed E-state index contributed by atoms with van der Waals surface area (Å²) in [6, 6.07) is 6.19. The van der Waals surface area contributed by atoms with Crippen LogP contribution in [0.2, 0.25) is 0 Å². The number of piperidine rings is 1. The Morgan fingerprint density at radius 3 is 2.44 bits per heavy atom. The first-order chi connectivity index (χ1) is 15.4. The Bertz CT molecular complexity index is 1120. The van der Waals surface area contributed by atoms with Crippen molar-refractivity contribution in [1.29, 1.82) is 0 Å². The molecule has 0 saturated carbocycles. The molecular formula is C24H29N3O4S. The van der Waals surface area contributed by atoms with Gasteiger partial charge >= 0.3 is 0 Å². The summed E-state index contributed by atoms with van der Waals surface area (Å²) in [5, 5.41) is 0.800. The number of aryl methyl sites for hydroxylation is 3. The number of thiophene rings is 1. The van der Waals surface area contributed by atoms with E-state index in [1.54, 1.807) is 14.2 Å². The lowest BCUT2D eigenvalue weighted by atomic mass is 10.1. The van der Waals surface area contributed by atoms with Gasteiger partial charge < -0.3 is 19.1 Å². The van der Waals surface area contributed by atoms with Crippen molar-refractivity contribution in [3.63, 3.8) is 0 Å². The third-order valence-electron chi connectivity index (χ3n) is 5.89. The van der Waals surface area contributed by atoms with E-state index in [-0.39, 0.29) is 12.0 Å². The molecule has 1 saturated heterocycles. The van der Waals surface area contributed by atoms with Crippen LogP contribution in [0.3, 0.4) is 0 Å². The van der Waals surface area contributed by atoms with E-state index in [0.29, 0.717) is 36.3 Å². The van der Waals surface area contributed by atoms with E-state index < -0.39 is 0 Å². The zero-order valence-electron chi connectivity index (χ0n) is 19.2. The lowest BCUT2D eigenvalue weighted by Gasteiger charge is -2.32. The topological polar surface area (TPSA) is 73.8 Å². The van der Waals surface area contributed by atoms with Crippen LogP contribution in [-0.2, 0) is 11.3 Å². The van der Waals surface area contributed by atoms with Crippen molar-refractivity contribution < 1.29 is 19.0 Å². The molecule has 2 aromatic heterocycles. The molecule has 0 N–H and O–H groups in total. The standard InChI is InChI=1S/C24H29N3O4S/c1-14-7-6-8-15(2)20(14)31-17-9-11-27(12-10-17)24(28)21-16(3)19-22(30-5)25-18(13-29-4)26-23(19)32-21/h6-8,17H,9-13H2,1-5H3. The number of rotatable bonds is 6. The van der Waals surface area contributed by atoms with Crippen molar-refractivity contribution >= 4 is 27.5 Å². The second kappa shape index (κ2) is 9.42. The summed E-state index contributed by atoms with van der Waals surface area (Å²) < 4.78 is 16.9. The number of benzene rings is 1. The Labute approximate surface area is 192 Å². The molecule has 0 bridgehead atoms. The lowest BCUT2D eigenvalue weighted by molar-refractivity contribution is 0.0597. The summed E-state index contributed by atoms with van der Waals surface area (Å²) in [5.74, 6) is 2.03. The summed E-state index contributed by atoms with van der Waals surface area (Å²) in [5.41, 5.74) is 3.16. The van der Waals surface area contributed by atoms with Crippen LogP contribution in [0.4, 0.5) is 0 Å². The first kappa shape index (κ1) is 22.5. The lowest BCUT2D eigenvalue weighted by Crippen LogP contribution is -2.41. The molecule has 4 rings (SSSR count). The third kappa shape index (κ3) is 4.29. The van der Waals surface area contributed by atoms with E-state index in [2.05, 4.69) is 35.9 Å². The molecule has 170 valence electrons. The van der Waals surface area contributed by atoms with Gasteiger partial charge in [0.25, 0.3) is 5.91 Å². The fourth-order valence-corrected chi connectivity index (χ4v) is 5.32. The second-order valence-electron chi connectivity index (χ2n) is 8.15. The minimum atomic E-state index is 0.0337. The molecule has 32 heavy (non-hydrogen) atoms. The number of hydrogen-bond acceptors (Lipinski definition) is 7. The highest BCUT2D eigenvalue weighted by Crippen LogP contribution is 2.36. The fourth-order valence-electron chi connectivity index (χ4n) is 4.16. The maximum absolute atomic E-state index is 13.4. The van der Waals surface area contributed by atoms with Crippen molar-refractivity contribution in [3.05, 3.63) is 45.6 Å². The summed E-state index contributed by atoms with van der Waals surface area (Å²) in [4.78, 5) is 25.7. The van der Waals surface area contributed by atoms with Crippen molar-refractivity contribution in [3.8, 4) is 11.6 Å². The minimum Gasteiger partial charge on any atom is -0.490 e. The molecule has 3 heterocycles. The normalized spacial score (nSPS) is 14.7. The average Bonchev–Trinajstić information content (AvgIpc) is 3.12. The molecule has 0 radical (unpaired) electrons. The molecule has 8 heteroatoms. The number of fused-ring (bicyclic) bond motifs is 1. The maximum Gasteiger partial charge on any atom is 0.264 e. The van der Waals surface area contributed by atoms with Crippen LogP contribution >= 0.6 is 11.3 Å². The Balaban J connectivity index is 1.50. The average molecular weight is 456 g/mol. The molecule has 0 unspecified atom stereocenters. The van der Waals surface area contributed by atoms with Crippen molar-refractivity contribution in [1.82, 2.24) is 14.9 Å². The number of nitrogens with zero attached hydrogens (tertiary/aromatic N) is 3. The summed E-state index contributed by atoms with van der Waals surface area (Å²) in [6.45, 7) is 7.70. The second-order valence-corrected chi connectivity index (χ2v) is 9.15. The summed E-state index contributed by atoms with van der Waals surface area (Å²) in [7, 11) is 3.18. The predicted octanol–water partition coefficient (Wildman–Crippen LogP) is 4.46. The molecule has 3 aromatic rings. The van der Waals surface area contributed by atoms with Crippen LogP contribution in [0, 0.1) is 20.8 Å². The first-order valence-corrected chi connectivity index (χ1v) is 11.6. The predicted molar refractivity (Wildman–Crippen MR) is 125 cm³/mol. The molecule has 0 aliphatic carbocycles. The molecule has 0 spiro atoms. The van der Waals surface area contributed by atoms with Gasteiger partial charge in [0.1, 0.15) is 23.3 Å². The third-order valence-corrected chi connectivity index (χ3v) is 7.06. The number of methoxy groups -OCH3 is 2. The molecule has 1 fully saturated rings. The van der Waals surface area contributed by atoms with E-state index in [1.807, 2.05) is 17.9 Å². The highest BCUT2D eigenvalue weighted by atomic mass is 32.1. The van der Waals surface area contributed by atoms with Crippen LogP contribution in [0.5, 0.6) is 11.6 Å². The number of hydrogen-bond donors (Lipinski definition) is 0. The molecule has 7 nitrogen and oxygen atoms in total. The number of likely N-dealkylation sites (tertiary alicyclic amines) is 1. The van der Waals surface area contributed by atoms with Gasteiger partial charge in [-0.15, -0.1) is 11.3 Å². The Hall–Kier alpha value is -2.71. The van der Waals surface area contributed by atoms with Crippen molar-refractivity contribution in [2.45, 2.75) is 46.3 Å². The molecular weight excluding hydrogens is 426 g/mol. The Morgan fingerprint density at radius 2 is 1.81 bits per heavy atom. The first-order valence-electron chi connectivity index (χ1n) is 10.8. The summed E-state index contributed by atoms with van der Waals surface area (Å²) in [6.07, 6.45) is 1.74. The zero-order valence-corrected chi connectivity index (χ0v) is 20.0. The van der Waals surface area contributed by atoms with E-state index in [4.69, 9.17) is 14.2 Å². The number of aromatic nitrogens is 2. The maximum atomic E-state index is 13.4. The molecule has 1 aliphatic rings.